The molecule has 0 aliphatic carbocycles. The molecule has 118 valence electrons. The molecule has 22 heavy (non-hydrogen) atoms. The van der Waals surface area contributed by atoms with E-state index in [-0.39, 0.29) is 5.92 Å². The van der Waals surface area contributed by atoms with Crippen LogP contribution in [0.25, 0.3) is 11.0 Å². The lowest BCUT2D eigenvalue weighted by molar-refractivity contribution is -0.144. The summed E-state index contributed by atoms with van der Waals surface area (Å²) in [5.74, 6) is -0.0378. The van der Waals surface area contributed by atoms with Crippen molar-refractivity contribution < 1.29 is 9.90 Å². The number of imidazole rings is 1. The van der Waals surface area contributed by atoms with Gasteiger partial charge in [0, 0.05) is 24.7 Å². The molecule has 0 spiro atoms. The number of fused-ring (bicyclic) bond motifs is 1. The Morgan fingerprint density at radius 3 is 2.95 bits per heavy atom. The van der Waals surface area contributed by atoms with Crippen LogP contribution in [0.15, 0.2) is 18.2 Å². The van der Waals surface area contributed by atoms with Crippen LogP contribution < -0.4 is 0 Å². The summed E-state index contributed by atoms with van der Waals surface area (Å²) in [6.45, 7) is 3.39. The first-order valence-corrected chi connectivity index (χ1v) is 7.91. The minimum absolute atomic E-state index is 0.277. The molecule has 2 atom stereocenters. The monoisotopic (exact) mass is 321 g/mol. The molecule has 1 aromatic heterocycles. The van der Waals surface area contributed by atoms with Crippen LogP contribution in [0, 0.1) is 5.92 Å². The number of benzene rings is 1. The second kappa shape index (κ2) is 5.89. The maximum absolute atomic E-state index is 11.2. The fourth-order valence-corrected chi connectivity index (χ4v) is 3.30. The van der Waals surface area contributed by atoms with E-state index in [2.05, 4.69) is 16.8 Å². The number of carbonyl (C=O) groups is 1. The molecule has 1 aliphatic heterocycles. The number of aliphatic carboxylic acids is 1. The molecule has 2 heterocycles. The number of nitrogens with zero attached hydrogens (tertiary/aromatic N) is 3. The topological polar surface area (TPSA) is 58.4 Å². The van der Waals surface area contributed by atoms with Crippen LogP contribution in [0.1, 0.15) is 25.6 Å². The maximum atomic E-state index is 11.2. The third kappa shape index (κ3) is 2.83. The fraction of sp³-hybridized carbons (Fsp3) is 0.500. The van der Waals surface area contributed by atoms with E-state index in [1.165, 1.54) is 0 Å². The van der Waals surface area contributed by atoms with Crippen LogP contribution in [0.3, 0.4) is 0 Å². The Bertz CT molecular complexity index is 713. The van der Waals surface area contributed by atoms with Crippen LogP contribution in [0.4, 0.5) is 0 Å². The Labute approximate surface area is 134 Å². The van der Waals surface area contributed by atoms with Gasteiger partial charge in [-0.3, -0.25) is 9.69 Å². The quantitative estimate of drug-likeness (QED) is 0.944. The average Bonchev–Trinajstić information content (AvgIpc) is 2.78. The first kappa shape index (κ1) is 15.3. The second-order valence-electron chi connectivity index (χ2n) is 6.11. The highest BCUT2D eigenvalue weighted by molar-refractivity contribution is 6.31. The summed E-state index contributed by atoms with van der Waals surface area (Å²) in [5, 5.41) is 9.94. The van der Waals surface area contributed by atoms with Crippen LogP contribution in [0.5, 0.6) is 0 Å². The van der Waals surface area contributed by atoms with Crippen LogP contribution >= 0.6 is 11.6 Å². The molecule has 0 amide bonds. The summed E-state index contributed by atoms with van der Waals surface area (Å²) in [5.41, 5.74) is 1.92. The van der Waals surface area contributed by atoms with Gasteiger partial charge in [0.2, 0.25) is 0 Å². The predicted molar refractivity (Wildman–Crippen MR) is 86.0 cm³/mol. The van der Waals surface area contributed by atoms with Gasteiger partial charge in [-0.25, -0.2) is 4.98 Å². The largest absolute Gasteiger partial charge is 0.481 e. The van der Waals surface area contributed by atoms with Gasteiger partial charge in [-0.2, -0.15) is 0 Å². The molecule has 6 heteroatoms. The molecule has 2 aromatic rings. The van der Waals surface area contributed by atoms with Gasteiger partial charge in [0.25, 0.3) is 0 Å². The van der Waals surface area contributed by atoms with E-state index in [4.69, 9.17) is 11.6 Å². The van der Waals surface area contributed by atoms with Crippen molar-refractivity contribution in [2.24, 2.45) is 13.0 Å². The van der Waals surface area contributed by atoms with Crippen molar-refractivity contribution in [3.63, 3.8) is 0 Å². The standard InChI is InChI=1S/C16H20ClN3O2/c1-10-3-4-11(16(21)22)8-20(10)9-15-18-13-6-5-12(17)7-14(13)19(15)2/h5-7,10-11H,3-4,8-9H2,1-2H3,(H,21,22). The molecule has 0 radical (unpaired) electrons. The smallest absolute Gasteiger partial charge is 0.307 e. The van der Waals surface area contributed by atoms with Crippen LogP contribution in [0.2, 0.25) is 5.02 Å². The van der Waals surface area contributed by atoms with Crippen molar-refractivity contribution in [2.75, 3.05) is 6.54 Å². The third-order valence-electron chi connectivity index (χ3n) is 4.64. The van der Waals surface area contributed by atoms with Gasteiger partial charge in [-0.15, -0.1) is 0 Å². The van der Waals surface area contributed by atoms with E-state index < -0.39 is 5.97 Å². The molecular formula is C16H20ClN3O2. The summed E-state index contributed by atoms with van der Waals surface area (Å²) >= 11 is 6.05. The fourth-order valence-electron chi connectivity index (χ4n) is 3.14. The Morgan fingerprint density at radius 1 is 1.45 bits per heavy atom. The number of hydrogen-bond acceptors (Lipinski definition) is 3. The predicted octanol–water partition coefficient (Wildman–Crippen LogP) is 2.91. The average molecular weight is 322 g/mol. The zero-order valence-electron chi connectivity index (χ0n) is 12.8. The summed E-state index contributed by atoms with van der Waals surface area (Å²) < 4.78 is 2.04. The lowest BCUT2D eigenvalue weighted by Crippen LogP contribution is -2.43. The molecular weight excluding hydrogens is 302 g/mol. The van der Waals surface area contributed by atoms with Crippen molar-refractivity contribution in [3.8, 4) is 0 Å². The third-order valence-corrected chi connectivity index (χ3v) is 4.88. The zero-order chi connectivity index (χ0) is 15.9. The molecule has 1 N–H and O–H groups in total. The first-order chi connectivity index (χ1) is 10.5. The Morgan fingerprint density at radius 2 is 2.23 bits per heavy atom. The van der Waals surface area contributed by atoms with E-state index >= 15 is 0 Å². The van der Waals surface area contributed by atoms with E-state index in [0.717, 1.165) is 29.7 Å². The number of aryl methyl sites for hydroxylation is 1. The van der Waals surface area contributed by atoms with E-state index in [1.807, 2.05) is 29.8 Å². The molecule has 3 rings (SSSR count). The minimum atomic E-state index is -0.700. The summed E-state index contributed by atoms with van der Waals surface area (Å²) in [4.78, 5) is 18.1. The van der Waals surface area contributed by atoms with Crippen molar-refractivity contribution in [2.45, 2.75) is 32.4 Å². The number of hydrogen-bond donors (Lipinski definition) is 1. The number of aromatic nitrogens is 2. The van der Waals surface area contributed by atoms with E-state index in [1.54, 1.807) is 0 Å². The molecule has 2 unspecified atom stereocenters. The molecule has 0 saturated carbocycles. The minimum Gasteiger partial charge on any atom is -0.481 e. The van der Waals surface area contributed by atoms with Gasteiger partial charge in [0.15, 0.2) is 0 Å². The van der Waals surface area contributed by atoms with Crippen molar-refractivity contribution >= 4 is 28.6 Å². The Kier molecular flexibility index (Phi) is 4.10. The Balaban J connectivity index is 1.85. The molecule has 1 aliphatic rings. The second-order valence-corrected chi connectivity index (χ2v) is 6.55. The number of carboxylic acids is 1. The van der Waals surface area contributed by atoms with Gasteiger partial charge in [-0.1, -0.05) is 11.6 Å². The van der Waals surface area contributed by atoms with Gasteiger partial charge in [0.1, 0.15) is 5.82 Å². The van der Waals surface area contributed by atoms with Gasteiger partial charge >= 0.3 is 5.97 Å². The lowest BCUT2D eigenvalue weighted by Gasteiger charge is -2.36. The van der Waals surface area contributed by atoms with Crippen molar-refractivity contribution in [3.05, 3.63) is 29.0 Å². The van der Waals surface area contributed by atoms with Gasteiger partial charge < -0.3 is 9.67 Å². The highest BCUT2D eigenvalue weighted by Gasteiger charge is 2.30. The van der Waals surface area contributed by atoms with Crippen molar-refractivity contribution in [1.29, 1.82) is 0 Å². The van der Waals surface area contributed by atoms with Crippen LogP contribution in [-0.4, -0.2) is 38.1 Å². The number of rotatable bonds is 3. The summed E-state index contributed by atoms with van der Waals surface area (Å²) in [6, 6.07) is 6.04. The maximum Gasteiger partial charge on any atom is 0.307 e. The Hall–Kier alpha value is -1.59. The highest BCUT2D eigenvalue weighted by atomic mass is 35.5. The van der Waals surface area contributed by atoms with Crippen molar-refractivity contribution in [1.82, 2.24) is 14.5 Å². The molecule has 1 fully saturated rings. The highest BCUT2D eigenvalue weighted by Crippen LogP contribution is 2.25. The van der Waals surface area contributed by atoms with Gasteiger partial charge in [0.05, 0.1) is 23.5 Å². The van der Waals surface area contributed by atoms with E-state index in [9.17, 15) is 9.90 Å². The normalized spacial score (nSPS) is 23.0. The SMILES string of the molecule is CC1CCC(C(=O)O)CN1Cc1nc2ccc(Cl)cc2n1C. The molecule has 5 nitrogen and oxygen atoms in total. The van der Waals surface area contributed by atoms with Crippen LogP contribution in [-0.2, 0) is 18.4 Å². The summed E-state index contributed by atoms with van der Waals surface area (Å²) in [6.07, 6.45) is 1.66. The van der Waals surface area contributed by atoms with E-state index in [0.29, 0.717) is 24.2 Å². The number of likely N-dealkylation sites (tertiary alicyclic amines) is 1. The number of halogens is 1. The first-order valence-electron chi connectivity index (χ1n) is 7.53. The van der Waals surface area contributed by atoms with Gasteiger partial charge in [-0.05, 0) is 38.0 Å². The number of piperidine rings is 1. The molecule has 0 bridgehead atoms. The number of carboxylic acid groups (broad SMARTS) is 1. The molecule has 1 aromatic carbocycles. The summed E-state index contributed by atoms with van der Waals surface area (Å²) in [7, 11) is 1.98. The lowest BCUT2D eigenvalue weighted by atomic mass is 9.93. The zero-order valence-corrected chi connectivity index (χ0v) is 13.5. The molecule has 1 saturated heterocycles.